The standard InChI is InChI=1S/C25H29N3O5S/c1-27(2)16-9-17-28(3)24(29)20-12-7-8-13-22(20)34(31,32)26-21-15-14-18-10-5-6-11-19(18)23(21)25(30)33-4/h5-8,10-15,26H,9,16-17H2,1-4H3. The minimum atomic E-state index is -4.20. The molecule has 3 aromatic rings. The molecule has 8 nitrogen and oxygen atoms in total. The quantitative estimate of drug-likeness (QED) is 0.469. The molecular weight excluding hydrogens is 454 g/mol. The van der Waals surface area contributed by atoms with Crippen LogP contribution >= 0.6 is 0 Å². The summed E-state index contributed by atoms with van der Waals surface area (Å²) in [5.74, 6) is -1.06. The van der Waals surface area contributed by atoms with Crippen molar-refractivity contribution in [1.29, 1.82) is 0 Å². The number of hydrogen-bond donors (Lipinski definition) is 1. The predicted molar refractivity (Wildman–Crippen MR) is 133 cm³/mol. The summed E-state index contributed by atoms with van der Waals surface area (Å²) in [4.78, 5) is 29.0. The lowest BCUT2D eigenvalue weighted by molar-refractivity contribution is 0.0604. The lowest BCUT2D eigenvalue weighted by Crippen LogP contribution is -2.31. The van der Waals surface area contributed by atoms with Gasteiger partial charge < -0.3 is 14.5 Å². The molecule has 9 heteroatoms. The van der Waals surface area contributed by atoms with Crippen molar-refractivity contribution in [3.05, 3.63) is 71.8 Å². The Bertz CT molecular complexity index is 1300. The molecule has 1 amide bonds. The summed E-state index contributed by atoms with van der Waals surface area (Å²) in [6.07, 6.45) is 0.752. The molecule has 0 atom stereocenters. The van der Waals surface area contributed by atoms with Crippen molar-refractivity contribution in [3.63, 3.8) is 0 Å². The number of amides is 1. The van der Waals surface area contributed by atoms with E-state index in [9.17, 15) is 18.0 Å². The first kappa shape index (κ1) is 25.2. The number of ether oxygens (including phenoxy) is 1. The Morgan fingerprint density at radius 1 is 0.912 bits per heavy atom. The molecule has 0 aliphatic heterocycles. The van der Waals surface area contributed by atoms with E-state index in [1.165, 1.54) is 30.2 Å². The van der Waals surface area contributed by atoms with Crippen LogP contribution in [0.5, 0.6) is 0 Å². The van der Waals surface area contributed by atoms with E-state index in [1.54, 1.807) is 37.4 Å². The zero-order valence-corrected chi connectivity index (χ0v) is 20.6. The van der Waals surface area contributed by atoms with Gasteiger partial charge in [-0.1, -0.05) is 42.5 Å². The average molecular weight is 484 g/mol. The molecule has 0 unspecified atom stereocenters. The number of carbonyl (C=O) groups is 2. The van der Waals surface area contributed by atoms with Crippen LogP contribution in [0.3, 0.4) is 0 Å². The SMILES string of the molecule is COC(=O)c1c(NS(=O)(=O)c2ccccc2C(=O)N(C)CCCN(C)C)ccc2ccccc12. The van der Waals surface area contributed by atoms with Crippen molar-refractivity contribution in [1.82, 2.24) is 9.80 Å². The van der Waals surface area contributed by atoms with Gasteiger partial charge in [-0.05, 0) is 56.0 Å². The summed E-state index contributed by atoms with van der Waals surface area (Å²) in [6, 6.07) is 16.4. The van der Waals surface area contributed by atoms with Gasteiger partial charge in [-0.15, -0.1) is 0 Å². The van der Waals surface area contributed by atoms with Crippen LogP contribution in [0, 0.1) is 0 Å². The van der Waals surface area contributed by atoms with Crippen LogP contribution in [0.25, 0.3) is 10.8 Å². The van der Waals surface area contributed by atoms with E-state index < -0.39 is 21.9 Å². The van der Waals surface area contributed by atoms with E-state index in [0.29, 0.717) is 11.9 Å². The predicted octanol–water partition coefficient (Wildman–Crippen LogP) is 3.45. The Kier molecular flexibility index (Phi) is 7.90. The lowest BCUT2D eigenvalue weighted by Gasteiger charge is -2.20. The van der Waals surface area contributed by atoms with Crippen molar-refractivity contribution >= 4 is 38.4 Å². The number of hydrogen-bond acceptors (Lipinski definition) is 6. The Morgan fingerprint density at radius 3 is 2.29 bits per heavy atom. The van der Waals surface area contributed by atoms with Gasteiger partial charge in [0.1, 0.15) is 4.90 Å². The van der Waals surface area contributed by atoms with Gasteiger partial charge in [0.25, 0.3) is 15.9 Å². The second-order valence-corrected chi connectivity index (χ2v) is 9.84. The van der Waals surface area contributed by atoms with Crippen LogP contribution in [0.15, 0.2) is 65.6 Å². The fraction of sp³-hybridized carbons (Fsp3) is 0.280. The van der Waals surface area contributed by atoms with E-state index in [2.05, 4.69) is 4.72 Å². The number of rotatable bonds is 9. The van der Waals surface area contributed by atoms with Crippen molar-refractivity contribution in [2.75, 3.05) is 46.1 Å². The number of methoxy groups -OCH3 is 1. The van der Waals surface area contributed by atoms with Gasteiger partial charge in [-0.25, -0.2) is 13.2 Å². The summed E-state index contributed by atoms with van der Waals surface area (Å²) >= 11 is 0. The number of esters is 1. The zero-order valence-electron chi connectivity index (χ0n) is 19.7. The molecule has 0 aliphatic carbocycles. The summed E-state index contributed by atoms with van der Waals surface area (Å²) in [7, 11) is 2.58. The Labute approximate surface area is 200 Å². The molecule has 0 fully saturated rings. The number of sulfonamides is 1. The maximum atomic E-state index is 13.4. The molecule has 0 saturated heterocycles. The molecule has 0 radical (unpaired) electrons. The number of fused-ring (bicyclic) bond motifs is 1. The monoisotopic (exact) mass is 483 g/mol. The maximum absolute atomic E-state index is 13.4. The van der Waals surface area contributed by atoms with Crippen LogP contribution in [0.2, 0.25) is 0 Å². The number of nitrogens with zero attached hydrogens (tertiary/aromatic N) is 2. The van der Waals surface area contributed by atoms with Gasteiger partial charge >= 0.3 is 5.97 Å². The fourth-order valence-electron chi connectivity index (χ4n) is 3.69. The first-order valence-electron chi connectivity index (χ1n) is 10.8. The number of anilines is 1. The molecule has 3 rings (SSSR count). The van der Waals surface area contributed by atoms with E-state index in [4.69, 9.17) is 4.74 Å². The van der Waals surface area contributed by atoms with Gasteiger partial charge in [-0.3, -0.25) is 9.52 Å². The highest BCUT2D eigenvalue weighted by Gasteiger charge is 2.26. The molecule has 0 heterocycles. The first-order chi connectivity index (χ1) is 16.2. The third-order valence-corrected chi connectivity index (χ3v) is 6.84. The van der Waals surface area contributed by atoms with Gasteiger partial charge in [-0.2, -0.15) is 0 Å². The molecule has 0 spiro atoms. The molecule has 0 aromatic heterocycles. The van der Waals surface area contributed by atoms with E-state index in [0.717, 1.165) is 18.4 Å². The van der Waals surface area contributed by atoms with Crippen LogP contribution in [-0.2, 0) is 14.8 Å². The topological polar surface area (TPSA) is 96.0 Å². The molecule has 34 heavy (non-hydrogen) atoms. The number of carbonyl (C=O) groups excluding carboxylic acids is 2. The van der Waals surface area contributed by atoms with Crippen molar-refractivity contribution in [2.45, 2.75) is 11.3 Å². The highest BCUT2D eigenvalue weighted by atomic mass is 32.2. The van der Waals surface area contributed by atoms with Gasteiger partial charge in [0.2, 0.25) is 0 Å². The van der Waals surface area contributed by atoms with Gasteiger partial charge in [0.15, 0.2) is 0 Å². The summed E-state index contributed by atoms with van der Waals surface area (Å²) in [6.45, 7) is 1.29. The lowest BCUT2D eigenvalue weighted by atomic mass is 10.0. The summed E-state index contributed by atoms with van der Waals surface area (Å²) in [5.41, 5.74) is 0.240. The third-order valence-electron chi connectivity index (χ3n) is 5.42. The summed E-state index contributed by atoms with van der Waals surface area (Å²) < 4.78 is 34.2. The molecule has 0 saturated carbocycles. The fourth-order valence-corrected chi connectivity index (χ4v) is 4.96. The van der Waals surface area contributed by atoms with Crippen molar-refractivity contribution in [3.8, 4) is 0 Å². The molecule has 0 aliphatic rings. The molecule has 1 N–H and O–H groups in total. The average Bonchev–Trinajstić information content (AvgIpc) is 2.82. The van der Waals surface area contributed by atoms with Crippen LogP contribution < -0.4 is 4.72 Å². The van der Waals surface area contributed by atoms with Gasteiger partial charge in [0.05, 0.1) is 23.9 Å². The molecule has 180 valence electrons. The van der Waals surface area contributed by atoms with Crippen LogP contribution in [0.4, 0.5) is 5.69 Å². The number of nitrogens with one attached hydrogen (secondary N) is 1. The van der Waals surface area contributed by atoms with E-state index >= 15 is 0 Å². The Balaban J connectivity index is 1.98. The molecular formula is C25H29N3O5S. The second-order valence-electron chi connectivity index (χ2n) is 8.19. The molecule has 0 bridgehead atoms. The Hall–Kier alpha value is -3.43. The minimum Gasteiger partial charge on any atom is -0.465 e. The largest absolute Gasteiger partial charge is 0.465 e. The zero-order chi connectivity index (χ0) is 24.9. The van der Waals surface area contributed by atoms with E-state index in [-0.39, 0.29) is 21.7 Å². The van der Waals surface area contributed by atoms with Crippen molar-refractivity contribution in [2.24, 2.45) is 0 Å². The van der Waals surface area contributed by atoms with Gasteiger partial charge in [0, 0.05) is 13.6 Å². The number of benzene rings is 3. The highest BCUT2D eigenvalue weighted by Crippen LogP contribution is 2.29. The van der Waals surface area contributed by atoms with Crippen LogP contribution in [-0.4, -0.2) is 71.4 Å². The third kappa shape index (κ3) is 5.55. The summed E-state index contributed by atoms with van der Waals surface area (Å²) in [5, 5.41) is 1.32. The Morgan fingerprint density at radius 2 is 1.59 bits per heavy atom. The second kappa shape index (κ2) is 10.7. The maximum Gasteiger partial charge on any atom is 0.340 e. The minimum absolute atomic E-state index is 0.0581. The van der Waals surface area contributed by atoms with Crippen LogP contribution in [0.1, 0.15) is 27.1 Å². The van der Waals surface area contributed by atoms with E-state index in [1.807, 2.05) is 31.1 Å². The highest BCUT2D eigenvalue weighted by molar-refractivity contribution is 7.92. The van der Waals surface area contributed by atoms with Crippen molar-refractivity contribution < 1.29 is 22.7 Å². The first-order valence-corrected chi connectivity index (χ1v) is 12.3. The smallest absolute Gasteiger partial charge is 0.340 e. The molecule has 3 aromatic carbocycles. The normalized spacial score (nSPS) is 11.4.